The minimum absolute atomic E-state index is 0.00884. The summed E-state index contributed by atoms with van der Waals surface area (Å²) < 4.78 is 0. The Balaban J connectivity index is 3.04. The molecule has 0 heterocycles. The molecule has 1 rings (SSSR count). The van der Waals surface area contributed by atoms with E-state index in [1.165, 1.54) is 23.1 Å². The Kier molecular flexibility index (Phi) is 4.78. The quantitative estimate of drug-likeness (QED) is 0.866. The topological polar surface area (TPSA) is 60.8 Å². The summed E-state index contributed by atoms with van der Waals surface area (Å²) in [6, 6.07) is 4.18. The molecule has 0 unspecified atom stereocenters. The molecule has 0 fully saturated rings. The zero-order chi connectivity index (χ0) is 13.0. The van der Waals surface area contributed by atoms with Gasteiger partial charge in [-0.05, 0) is 32.0 Å². The molecule has 1 aromatic rings. The van der Waals surface area contributed by atoms with Crippen LogP contribution in [0.3, 0.4) is 0 Å². The van der Waals surface area contributed by atoms with Crippen molar-refractivity contribution < 1.29 is 15.0 Å². The number of nitrogens with zero attached hydrogens (tertiary/aromatic N) is 1. The number of phenols is 1. The molecule has 0 atom stereocenters. The molecule has 4 nitrogen and oxygen atoms in total. The fourth-order valence-electron chi connectivity index (χ4n) is 1.53. The Labute approximate surface area is 105 Å². The van der Waals surface area contributed by atoms with E-state index in [0.717, 1.165) is 0 Å². The fraction of sp³-hybridized carbons (Fsp3) is 0.417. The summed E-state index contributed by atoms with van der Waals surface area (Å²) in [4.78, 5) is 13.7. The number of aliphatic hydroxyl groups is 1. The van der Waals surface area contributed by atoms with E-state index < -0.39 is 0 Å². The Hall–Kier alpha value is -1.26. The lowest BCUT2D eigenvalue weighted by Gasteiger charge is -2.26. The molecule has 94 valence electrons. The first-order valence-corrected chi connectivity index (χ1v) is 5.75. The van der Waals surface area contributed by atoms with Crippen LogP contribution in [-0.4, -0.2) is 40.2 Å². The lowest BCUT2D eigenvalue weighted by atomic mass is 10.1. The second-order valence-corrected chi connectivity index (χ2v) is 4.39. The molecule has 0 saturated carbocycles. The second kappa shape index (κ2) is 5.89. The number of hydrogen-bond acceptors (Lipinski definition) is 3. The number of carbonyl (C=O) groups is 1. The SMILES string of the molecule is CC(C)N(CCO)C(=O)c1cc(O)ccc1Cl. The number of amides is 1. The molecule has 2 N–H and O–H groups in total. The van der Waals surface area contributed by atoms with E-state index in [-0.39, 0.29) is 41.4 Å². The van der Waals surface area contributed by atoms with Crippen LogP contribution in [0.4, 0.5) is 0 Å². The number of rotatable bonds is 4. The molecule has 17 heavy (non-hydrogen) atoms. The highest BCUT2D eigenvalue weighted by molar-refractivity contribution is 6.33. The number of carbonyl (C=O) groups excluding carboxylic acids is 1. The first-order chi connectivity index (χ1) is 7.97. The highest BCUT2D eigenvalue weighted by atomic mass is 35.5. The van der Waals surface area contributed by atoms with Crippen molar-refractivity contribution in [2.75, 3.05) is 13.2 Å². The highest BCUT2D eigenvalue weighted by Crippen LogP contribution is 2.23. The minimum atomic E-state index is -0.296. The van der Waals surface area contributed by atoms with Crippen molar-refractivity contribution in [3.8, 4) is 5.75 Å². The molecule has 0 radical (unpaired) electrons. The summed E-state index contributed by atoms with van der Waals surface area (Å²) in [5, 5.41) is 18.6. The average Bonchev–Trinajstić information content (AvgIpc) is 2.28. The maximum absolute atomic E-state index is 12.2. The van der Waals surface area contributed by atoms with Gasteiger partial charge >= 0.3 is 0 Å². The monoisotopic (exact) mass is 257 g/mol. The normalized spacial score (nSPS) is 10.6. The number of phenolic OH excluding ortho intramolecular Hbond substituents is 1. The third kappa shape index (κ3) is 3.35. The van der Waals surface area contributed by atoms with Crippen molar-refractivity contribution >= 4 is 17.5 Å². The molecular formula is C12H16ClNO3. The van der Waals surface area contributed by atoms with Gasteiger partial charge in [0.05, 0.1) is 17.2 Å². The summed E-state index contributed by atoms with van der Waals surface area (Å²) >= 11 is 5.92. The van der Waals surface area contributed by atoms with Gasteiger partial charge in [0, 0.05) is 12.6 Å². The number of aliphatic hydroxyl groups excluding tert-OH is 1. The van der Waals surface area contributed by atoms with Gasteiger partial charge in [0.1, 0.15) is 5.75 Å². The summed E-state index contributed by atoms with van der Waals surface area (Å²) in [5.41, 5.74) is 0.244. The molecule has 0 aliphatic rings. The molecule has 1 amide bonds. The van der Waals surface area contributed by atoms with E-state index in [1.54, 1.807) is 0 Å². The Morgan fingerprint density at radius 3 is 2.65 bits per heavy atom. The van der Waals surface area contributed by atoms with Crippen molar-refractivity contribution in [1.82, 2.24) is 4.90 Å². The molecule has 0 bridgehead atoms. The van der Waals surface area contributed by atoms with Gasteiger partial charge in [0.2, 0.25) is 0 Å². The zero-order valence-corrected chi connectivity index (χ0v) is 10.6. The van der Waals surface area contributed by atoms with Crippen LogP contribution >= 0.6 is 11.6 Å². The largest absolute Gasteiger partial charge is 0.508 e. The third-order valence-electron chi connectivity index (χ3n) is 2.41. The Bertz CT molecular complexity index is 407. The lowest BCUT2D eigenvalue weighted by Crippen LogP contribution is -2.39. The van der Waals surface area contributed by atoms with E-state index in [4.69, 9.17) is 16.7 Å². The van der Waals surface area contributed by atoms with Gasteiger partial charge < -0.3 is 15.1 Å². The van der Waals surface area contributed by atoms with Crippen molar-refractivity contribution in [3.63, 3.8) is 0 Å². The third-order valence-corrected chi connectivity index (χ3v) is 2.74. The van der Waals surface area contributed by atoms with Crippen molar-refractivity contribution in [2.45, 2.75) is 19.9 Å². The lowest BCUT2D eigenvalue weighted by molar-refractivity contribution is 0.0665. The summed E-state index contributed by atoms with van der Waals surface area (Å²) in [6.07, 6.45) is 0. The van der Waals surface area contributed by atoms with E-state index in [2.05, 4.69) is 0 Å². The summed E-state index contributed by atoms with van der Waals surface area (Å²) in [6.45, 7) is 3.83. The highest BCUT2D eigenvalue weighted by Gasteiger charge is 2.20. The van der Waals surface area contributed by atoms with Crippen molar-refractivity contribution in [3.05, 3.63) is 28.8 Å². The molecule has 0 spiro atoms. The van der Waals surface area contributed by atoms with Crippen molar-refractivity contribution in [2.24, 2.45) is 0 Å². The smallest absolute Gasteiger partial charge is 0.255 e. The molecule has 0 aliphatic carbocycles. The predicted molar refractivity (Wildman–Crippen MR) is 66.4 cm³/mol. The van der Waals surface area contributed by atoms with Gasteiger partial charge in [0.25, 0.3) is 5.91 Å². The molecule has 0 aromatic heterocycles. The Morgan fingerprint density at radius 1 is 1.47 bits per heavy atom. The Morgan fingerprint density at radius 2 is 2.12 bits per heavy atom. The predicted octanol–water partition coefficient (Wildman–Crippen LogP) is 1.89. The van der Waals surface area contributed by atoms with E-state index >= 15 is 0 Å². The maximum Gasteiger partial charge on any atom is 0.255 e. The van der Waals surface area contributed by atoms with E-state index in [1.807, 2.05) is 13.8 Å². The van der Waals surface area contributed by atoms with Gasteiger partial charge in [-0.25, -0.2) is 0 Å². The number of aromatic hydroxyl groups is 1. The first kappa shape index (κ1) is 13.8. The summed E-state index contributed by atoms with van der Waals surface area (Å²) in [5.74, 6) is -0.305. The number of halogens is 1. The standard InChI is InChI=1S/C12H16ClNO3/c1-8(2)14(5-6-15)12(17)10-7-9(16)3-4-11(10)13/h3-4,7-8,15-16H,5-6H2,1-2H3. The van der Waals surface area contributed by atoms with Crippen LogP contribution in [0.2, 0.25) is 5.02 Å². The van der Waals surface area contributed by atoms with Crippen LogP contribution < -0.4 is 0 Å². The van der Waals surface area contributed by atoms with Crippen LogP contribution in [0.15, 0.2) is 18.2 Å². The van der Waals surface area contributed by atoms with E-state index in [0.29, 0.717) is 0 Å². The van der Waals surface area contributed by atoms with Crippen molar-refractivity contribution in [1.29, 1.82) is 0 Å². The maximum atomic E-state index is 12.2. The molecule has 5 heteroatoms. The zero-order valence-electron chi connectivity index (χ0n) is 9.85. The van der Waals surface area contributed by atoms with Gasteiger partial charge in [-0.1, -0.05) is 11.6 Å². The van der Waals surface area contributed by atoms with Gasteiger partial charge in [0.15, 0.2) is 0 Å². The molecule has 0 aliphatic heterocycles. The van der Waals surface area contributed by atoms with E-state index in [9.17, 15) is 9.90 Å². The summed E-state index contributed by atoms with van der Waals surface area (Å²) in [7, 11) is 0. The van der Waals surface area contributed by atoms with Crippen LogP contribution in [0, 0.1) is 0 Å². The van der Waals surface area contributed by atoms with Gasteiger partial charge in [-0.15, -0.1) is 0 Å². The van der Waals surface area contributed by atoms with Gasteiger partial charge in [-0.3, -0.25) is 4.79 Å². The van der Waals surface area contributed by atoms with Crippen LogP contribution in [0.5, 0.6) is 5.75 Å². The van der Waals surface area contributed by atoms with Gasteiger partial charge in [-0.2, -0.15) is 0 Å². The van der Waals surface area contributed by atoms with Crippen LogP contribution in [0.1, 0.15) is 24.2 Å². The number of hydrogen-bond donors (Lipinski definition) is 2. The first-order valence-electron chi connectivity index (χ1n) is 5.37. The minimum Gasteiger partial charge on any atom is -0.508 e. The molecule has 0 saturated heterocycles. The number of benzene rings is 1. The average molecular weight is 258 g/mol. The molecular weight excluding hydrogens is 242 g/mol. The fourth-order valence-corrected chi connectivity index (χ4v) is 1.73. The van der Waals surface area contributed by atoms with Crippen LogP contribution in [-0.2, 0) is 0 Å². The second-order valence-electron chi connectivity index (χ2n) is 3.98. The van der Waals surface area contributed by atoms with Crippen LogP contribution in [0.25, 0.3) is 0 Å². The molecule has 1 aromatic carbocycles.